The summed E-state index contributed by atoms with van der Waals surface area (Å²) < 4.78 is 0. The largest absolute Gasteiger partial charge is 0.600 e. The number of nitrogens with zero attached hydrogens (tertiary/aromatic N) is 3. The molecule has 1 N–H and O–H groups in total. The average molecular weight is 130 g/mol. The molecule has 1 aliphatic rings. The maximum absolute atomic E-state index is 10.3. The van der Waals surface area contributed by atoms with Crippen LogP contribution in [0.5, 0.6) is 0 Å². The molecule has 9 heavy (non-hydrogen) atoms. The van der Waals surface area contributed by atoms with E-state index in [-0.39, 0.29) is 5.12 Å². The Balaban J connectivity index is 2.74. The first-order valence-corrected chi connectivity index (χ1v) is 2.01. The lowest BCUT2D eigenvalue weighted by Crippen LogP contribution is -3.10. The van der Waals surface area contributed by atoms with Crippen LogP contribution in [-0.2, 0) is 0 Å². The summed E-state index contributed by atoms with van der Waals surface area (Å²) in [6, 6.07) is -0.935. The van der Waals surface area contributed by atoms with Gasteiger partial charge in [0, 0.05) is 0 Å². The van der Waals surface area contributed by atoms with Crippen LogP contribution in [0.3, 0.4) is 0 Å². The van der Waals surface area contributed by atoms with Gasteiger partial charge in [0.25, 0.3) is 0 Å². The van der Waals surface area contributed by atoms with Gasteiger partial charge >= 0.3 is 6.03 Å². The van der Waals surface area contributed by atoms with Crippen molar-refractivity contribution in [1.29, 1.82) is 0 Å². The van der Waals surface area contributed by atoms with Crippen LogP contribution in [0.4, 0.5) is 4.79 Å². The van der Waals surface area contributed by atoms with Crippen LogP contribution in [-0.4, -0.2) is 17.5 Å². The summed E-state index contributed by atoms with van der Waals surface area (Å²) in [6.07, 6.45) is 0.740. The van der Waals surface area contributed by atoms with Gasteiger partial charge < -0.3 is 5.21 Å². The molecule has 0 spiro atoms. The first kappa shape index (κ1) is 5.79. The number of carbonyl (C=O) groups excluding carboxylic acids is 1. The van der Waals surface area contributed by atoms with Gasteiger partial charge in [-0.2, -0.15) is 5.17 Å². The molecule has 1 unspecified atom stereocenters. The minimum absolute atomic E-state index is 0.139. The molecule has 1 atom stereocenters. The van der Waals surface area contributed by atoms with Crippen LogP contribution in [0.2, 0.25) is 0 Å². The van der Waals surface area contributed by atoms with Gasteiger partial charge in [-0.15, -0.1) is 9.90 Å². The standard InChI is InChI=1S/C2H2N4O3/c7-2-3-1-5(9)6(2)4-8/h1,5H. The maximum atomic E-state index is 10.3. The minimum atomic E-state index is -0.935. The second-order valence-corrected chi connectivity index (χ2v) is 1.27. The van der Waals surface area contributed by atoms with Gasteiger partial charge in [-0.25, -0.2) is 4.79 Å². The van der Waals surface area contributed by atoms with E-state index in [1.54, 1.807) is 0 Å². The topological polar surface area (TPSA) is 89.6 Å². The predicted molar refractivity (Wildman–Crippen MR) is 25.9 cm³/mol. The van der Waals surface area contributed by atoms with Crippen molar-refractivity contribution in [3.8, 4) is 0 Å². The highest BCUT2D eigenvalue weighted by Crippen LogP contribution is 1.87. The maximum Gasteiger partial charge on any atom is 0.420 e. The van der Waals surface area contributed by atoms with E-state index in [1.165, 1.54) is 0 Å². The molecule has 7 nitrogen and oxygen atoms in total. The summed E-state index contributed by atoms with van der Waals surface area (Å²) >= 11 is 0. The van der Waals surface area contributed by atoms with E-state index >= 15 is 0 Å². The Hall–Kier alpha value is -1.34. The number of rotatable bonds is 1. The summed E-state index contributed by atoms with van der Waals surface area (Å²) in [6.45, 7) is 0. The first-order chi connectivity index (χ1) is 4.25. The van der Waals surface area contributed by atoms with Gasteiger partial charge in [-0.1, -0.05) is 0 Å². The number of nitroso groups, excluding NO2 is 1. The van der Waals surface area contributed by atoms with Crippen LogP contribution in [0.15, 0.2) is 10.3 Å². The highest BCUT2D eigenvalue weighted by Gasteiger charge is 2.25. The van der Waals surface area contributed by atoms with Gasteiger partial charge in [-0.3, -0.25) is 0 Å². The van der Waals surface area contributed by atoms with E-state index in [4.69, 9.17) is 0 Å². The number of carbonyl (C=O) groups is 1. The molecular weight excluding hydrogens is 128 g/mol. The molecule has 48 valence electrons. The van der Waals surface area contributed by atoms with Crippen molar-refractivity contribution < 1.29 is 9.97 Å². The van der Waals surface area contributed by atoms with Crippen molar-refractivity contribution in [2.24, 2.45) is 10.3 Å². The SMILES string of the molecule is O=NN1C(=O)N=C[NH+]1[O-]. The normalized spacial score (nSPS) is 25.2. The Morgan fingerprint density at radius 3 is 2.78 bits per heavy atom. The number of nitrogens with one attached hydrogen (secondary N) is 1. The first-order valence-electron chi connectivity index (χ1n) is 2.01. The Bertz CT molecular complexity index is 177. The van der Waals surface area contributed by atoms with Crippen molar-refractivity contribution in [2.45, 2.75) is 0 Å². The molecule has 0 fully saturated rings. The van der Waals surface area contributed by atoms with Gasteiger partial charge in [0.05, 0.1) is 0 Å². The van der Waals surface area contributed by atoms with E-state index in [2.05, 4.69) is 10.3 Å². The number of hydrogen-bond acceptors (Lipinski definition) is 4. The van der Waals surface area contributed by atoms with Crippen molar-refractivity contribution in [1.82, 2.24) is 5.12 Å². The number of urea groups is 1. The van der Waals surface area contributed by atoms with Crippen molar-refractivity contribution in [2.75, 3.05) is 0 Å². The quantitative estimate of drug-likeness (QED) is 0.343. The molecule has 1 aliphatic heterocycles. The molecule has 1 rings (SSSR count). The number of aliphatic imine (C=N–C) groups is 1. The van der Waals surface area contributed by atoms with Gasteiger partial charge in [0.15, 0.2) is 0 Å². The lowest BCUT2D eigenvalue weighted by Gasteiger charge is -2.13. The number of amides is 2. The third kappa shape index (κ3) is 0.775. The van der Waals surface area contributed by atoms with E-state index in [0.717, 1.165) is 6.34 Å². The highest BCUT2D eigenvalue weighted by molar-refractivity contribution is 5.83. The molecule has 0 aromatic rings. The molecule has 0 aromatic carbocycles. The number of quaternary nitrogens is 1. The monoisotopic (exact) mass is 130 g/mol. The molecule has 1 heterocycles. The molecule has 0 saturated heterocycles. The fourth-order valence-corrected chi connectivity index (χ4v) is 0.389. The Morgan fingerprint density at radius 1 is 1.89 bits per heavy atom. The van der Waals surface area contributed by atoms with Crippen molar-refractivity contribution in [3.63, 3.8) is 0 Å². The molecular formula is C2H2N4O3. The zero-order valence-corrected chi connectivity index (χ0v) is 4.14. The molecule has 0 aliphatic carbocycles. The fourth-order valence-electron chi connectivity index (χ4n) is 0.389. The van der Waals surface area contributed by atoms with Crippen LogP contribution in [0.25, 0.3) is 0 Å². The van der Waals surface area contributed by atoms with Gasteiger partial charge in [0.2, 0.25) is 6.34 Å². The predicted octanol–water partition coefficient (Wildman–Crippen LogP) is -1.57. The molecule has 2 amide bonds. The van der Waals surface area contributed by atoms with E-state index in [9.17, 15) is 14.9 Å². The van der Waals surface area contributed by atoms with E-state index < -0.39 is 11.2 Å². The number of hydroxylamine groups is 1. The minimum Gasteiger partial charge on any atom is -0.600 e. The van der Waals surface area contributed by atoms with Crippen molar-refractivity contribution in [3.05, 3.63) is 10.1 Å². The third-order valence-electron chi connectivity index (χ3n) is 0.757. The fraction of sp³-hybridized carbons (Fsp3) is 0. The van der Waals surface area contributed by atoms with Crippen LogP contribution < -0.4 is 5.17 Å². The molecule has 0 radical (unpaired) electrons. The number of hydrogen-bond donors (Lipinski definition) is 1. The molecule has 7 heteroatoms. The summed E-state index contributed by atoms with van der Waals surface area (Å²) in [5.74, 6) is 0. The molecule has 0 saturated carbocycles. The van der Waals surface area contributed by atoms with Gasteiger partial charge in [0.1, 0.15) is 5.29 Å². The van der Waals surface area contributed by atoms with E-state index in [0.29, 0.717) is 0 Å². The van der Waals surface area contributed by atoms with Crippen LogP contribution >= 0.6 is 0 Å². The lowest BCUT2D eigenvalue weighted by atomic mass is 11.1. The summed E-state index contributed by atoms with van der Waals surface area (Å²) in [7, 11) is 0. The Morgan fingerprint density at radius 2 is 2.56 bits per heavy atom. The summed E-state index contributed by atoms with van der Waals surface area (Å²) in [5.41, 5.74) is 0. The van der Waals surface area contributed by atoms with E-state index in [1.807, 2.05) is 0 Å². The highest BCUT2D eigenvalue weighted by atomic mass is 16.6. The van der Waals surface area contributed by atoms with Crippen molar-refractivity contribution >= 4 is 12.4 Å². The zero-order valence-electron chi connectivity index (χ0n) is 4.14. The summed E-state index contributed by atoms with van der Waals surface area (Å²) in [4.78, 5) is 22.8. The summed E-state index contributed by atoms with van der Waals surface area (Å²) in [5, 5.41) is 11.7. The Labute approximate surface area is 49.1 Å². The lowest BCUT2D eigenvalue weighted by molar-refractivity contribution is -0.861. The average Bonchev–Trinajstić information content (AvgIpc) is 2.12. The third-order valence-corrected chi connectivity index (χ3v) is 0.757. The smallest absolute Gasteiger partial charge is 0.420 e. The van der Waals surface area contributed by atoms with Crippen LogP contribution in [0.1, 0.15) is 0 Å². The van der Waals surface area contributed by atoms with Crippen LogP contribution in [0, 0.1) is 10.1 Å². The zero-order chi connectivity index (χ0) is 6.85. The second-order valence-electron chi connectivity index (χ2n) is 1.27. The second kappa shape index (κ2) is 1.88. The molecule has 0 bridgehead atoms. The Kier molecular flexibility index (Phi) is 1.21. The molecule has 0 aromatic heterocycles. The van der Waals surface area contributed by atoms with Gasteiger partial charge in [-0.05, 0) is 5.12 Å².